The summed E-state index contributed by atoms with van der Waals surface area (Å²) in [5, 5.41) is 4.52. The van der Waals surface area contributed by atoms with E-state index in [1.165, 1.54) is 50.9 Å². The molecular formula is C26H32N6O8S6. The molecule has 0 aliphatic carbocycles. The van der Waals surface area contributed by atoms with E-state index in [1.807, 2.05) is 0 Å². The summed E-state index contributed by atoms with van der Waals surface area (Å²) in [6.45, 7) is 0. The van der Waals surface area contributed by atoms with E-state index in [9.17, 15) is 28.8 Å². The smallest absolute Gasteiger partial charge is 0.329 e. The van der Waals surface area contributed by atoms with E-state index in [0.29, 0.717) is 11.4 Å². The van der Waals surface area contributed by atoms with Gasteiger partial charge in [-0.3, -0.25) is 29.1 Å². The highest BCUT2D eigenvalue weighted by Gasteiger charge is 2.25. The van der Waals surface area contributed by atoms with E-state index >= 15 is 0 Å². The molecule has 6 N–H and O–H groups in total. The van der Waals surface area contributed by atoms with Gasteiger partial charge in [0.1, 0.15) is 12.1 Å². The van der Waals surface area contributed by atoms with Crippen molar-refractivity contribution in [3.8, 4) is 11.4 Å². The Morgan fingerprint density at radius 2 is 1.09 bits per heavy atom. The lowest BCUT2D eigenvalue weighted by Gasteiger charge is -2.16. The number of aromatic nitrogens is 2. The first-order valence-corrected chi connectivity index (χ1v) is 18.9. The number of hydrogen-bond acceptors (Lipinski definition) is 18. The Bertz CT molecular complexity index is 1270. The van der Waals surface area contributed by atoms with Crippen LogP contribution in [0.15, 0.2) is 36.7 Å². The molecule has 14 nitrogen and oxygen atoms in total. The molecule has 0 spiro atoms. The Hall–Kier alpha value is -2.46. The van der Waals surface area contributed by atoms with Gasteiger partial charge in [-0.15, -0.1) is 0 Å². The van der Waals surface area contributed by atoms with Gasteiger partial charge in [-0.25, -0.2) is 9.59 Å². The number of amides is 2. The second-order valence-corrected chi connectivity index (χ2v) is 14.3. The fourth-order valence-electron chi connectivity index (χ4n) is 3.06. The van der Waals surface area contributed by atoms with Gasteiger partial charge in [0.2, 0.25) is 10.2 Å². The quantitative estimate of drug-likeness (QED) is 0.0755. The number of hydrogen-bond donors (Lipinski definition) is 6. The van der Waals surface area contributed by atoms with Crippen molar-refractivity contribution in [1.82, 2.24) is 20.6 Å². The highest BCUT2D eigenvalue weighted by atomic mass is 33.1. The largest absolute Gasteiger partial charge is 0.467 e. The first-order chi connectivity index (χ1) is 21.9. The first kappa shape index (κ1) is 39.7. The van der Waals surface area contributed by atoms with Crippen LogP contribution in [-0.4, -0.2) is 105 Å². The average molecular weight is 749 g/mol. The number of pyridine rings is 2. The van der Waals surface area contributed by atoms with E-state index in [2.05, 4.69) is 45.9 Å². The first-order valence-electron chi connectivity index (χ1n) is 13.0. The molecule has 46 heavy (non-hydrogen) atoms. The summed E-state index contributed by atoms with van der Waals surface area (Å²) in [7, 11) is 6.19. The zero-order chi connectivity index (χ0) is 34.2. The second kappa shape index (κ2) is 20.7. The lowest BCUT2D eigenvalue weighted by molar-refractivity contribution is -0.143. The van der Waals surface area contributed by atoms with Gasteiger partial charge in [-0.1, -0.05) is 21.6 Å². The Balaban J connectivity index is 2.01. The maximum absolute atomic E-state index is 12.8. The van der Waals surface area contributed by atoms with Crippen molar-refractivity contribution in [2.24, 2.45) is 11.5 Å². The average Bonchev–Trinajstić information content (AvgIpc) is 3.08. The molecule has 250 valence electrons. The van der Waals surface area contributed by atoms with E-state index in [-0.39, 0.29) is 44.4 Å². The predicted molar refractivity (Wildman–Crippen MR) is 188 cm³/mol. The number of rotatable bonds is 17. The Morgan fingerprint density at radius 1 is 0.717 bits per heavy atom. The number of nitrogens with two attached hydrogens (primary N) is 2. The predicted octanol–water partition coefficient (Wildman–Crippen LogP) is 1.02. The Kier molecular flexibility index (Phi) is 17.9. The number of carbonyl (C=O) groups is 6. The number of nitrogens with one attached hydrogen (secondary N) is 2. The summed E-state index contributed by atoms with van der Waals surface area (Å²) >= 11 is 7.96. The minimum Gasteiger partial charge on any atom is -0.467 e. The van der Waals surface area contributed by atoms with Crippen LogP contribution in [0.5, 0.6) is 0 Å². The van der Waals surface area contributed by atoms with Gasteiger partial charge in [0.05, 0.1) is 48.8 Å². The van der Waals surface area contributed by atoms with E-state index in [1.54, 1.807) is 0 Å². The summed E-state index contributed by atoms with van der Waals surface area (Å²) in [5.41, 5.74) is 12.4. The fraction of sp³-hybridized carbons (Fsp3) is 0.385. The molecule has 2 unspecified atom stereocenters. The molecule has 2 aromatic rings. The van der Waals surface area contributed by atoms with Crippen LogP contribution in [0.25, 0.3) is 11.4 Å². The topological polar surface area (TPSA) is 223 Å². The minimum absolute atomic E-state index is 0.0481. The van der Waals surface area contributed by atoms with Gasteiger partial charge in [0.25, 0.3) is 11.8 Å². The zero-order valence-electron chi connectivity index (χ0n) is 24.4. The monoisotopic (exact) mass is 748 g/mol. The minimum atomic E-state index is -1.04. The standard InChI is InChI=1S/C26H32N6O8S6/c1-39-23(35)19(11-43-45-25(37)15(27)9-41)31-21(33)13-3-5-17(29-7-13)18-6-4-14(8-30-18)22(34)32-20(24(36)40-2)12-44-46-26(38)16(28)10-42/h3-8,15-16,19-20,41-42H,9-12,27-28H2,1-2H3,(H,31,33)(H,32,34)/t15-,16-,19?,20?/m0/s1. The second-order valence-electron chi connectivity index (χ2n) is 8.91. The van der Waals surface area contributed by atoms with Gasteiger partial charge in [-0.05, 0) is 45.9 Å². The van der Waals surface area contributed by atoms with Crippen molar-refractivity contribution in [3.63, 3.8) is 0 Å². The van der Waals surface area contributed by atoms with Crippen molar-refractivity contribution in [2.75, 3.05) is 37.2 Å². The number of esters is 2. The van der Waals surface area contributed by atoms with Crippen LogP contribution in [0, 0.1) is 0 Å². The molecule has 20 heteroatoms. The Morgan fingerprint density at radius 3 is 1.37 bits per heavy atom. The molecule has 0 radical (unpaired) electrons. The zero-order valence-corrected chi connectivity index (χ0v) is 29.5. The molecule has 4 atom stereocenters. The third-order valence-corrected chi connectivity index (χ3v) is 11.1. The summed E-state index contributed by atoms with van der Waals surface area (Å²) in [6.07, 6.45) is 2.59. The highest BCUT2D eigenvalue weighted by Crippen LogP contribution is 2.26. The van der Waals surface area contributed by atoms with E-state index < -0.39 is 47.9 Å². The number of nitrogens with zero attached hydrogens (tertiary/aromatic N) is 2. The van der Waals surface area contributed by atoms with Crippen molar-refractivity contribution < 1.29 is 38.2 Å². The maximum Gasteiger partial charge on any atom is 0.329 e. The third kappa shape index (κ3) is 12.6. The van der Waals surface area contributed by atoms with Crippen molar-refractivity contribution in [2.45, 2.75) is 24.2 Å². The van der Waals surface area contributed by atoms with Crippen LogP contribution in [0.4, 0.5) is 0 Å². The molecule has 0 aliphatic rings. The third-order valence-electron chi connectivity index (χ3n) is 5.65. The SMILES string of the molecule is COC(=O)C(CSSC(=O)[C@@H](N)CS)NC(=O)c1ccc(-c2ccc(C(=O)NC(CSSC(=O)[C@@H](N)CS)C(=O)OC)cn2)nc1. The molecule has 2 amide bonds. The van der Waals surface area contributed by atoms with Gasteiger partial charge in [0, 0.05) is 35.4 Å². The molecule has 0 fully saturated rings. The van der Waals surface area contributed by atoms with Gasteiger partial charge < -0.3 is 31.6 Å². The van der Waals surface area contributed by atoms with Crippen LogP contribution in [0.3, 0.4) is 0 Å². The van der Waals surface area contributed by atoms with Gasteiger partial charge in [-0.2, -0.15) is 25.3 Å². The normalized spacial score (nSPS) is 13.4. The maximum atomic E-state index is 12.8. The van der Waals surface area contributed by atoms with Crippen LogP contribution >= 0.6 is 68.4 Å². The molecule has 0 aliphatic heterocycles. The molecular weight excluding hydrogens is 717 g/mol. The summed E-state index contributed by atoms with van der Waals surface area (Å²) in [5.74, 6) is -2.12. The molecule has 2 aromatic heterocycles. The fourth-order valence-corrected chi connectivity index (χ4v) is 7.79. The van der Waals surface area contributed by atoms with Gasteiger partial charge in [0.15, 0.2) is 0 Å². The number of thiol groups is 2. The lowest BCUT2D eigenvalue weighted by atomic mass is 10.1. The van der Waals surface area contributed by atoms with Crippen molar-refractivity contribution in [3.05, 3.63) is 47.8 Å². The number of carbonyl (C=O) groups excluding carboxylic acids is 6. The van der Waals surface area contributed by atoms with E-state index in [0.717, 1.165) is 43.2 Å². The summed E-state index contributed by atoms with van der Waals surface area (Å²) in [6, 6.07) is 2.46. The molecule has 0 saturated carbocycles. The number of methoxy groups -OCH3 is 2. The van der Waals surface area contributed by atoms with E-state index in [4.69, 9.17) is 20.9 Å². The van der Waals surface area contributed by atoms with Crippen LogP contribution in [0.1, 0.15) is 20.7 Å². The summed E-state index contributed by atoms with van der Waals surface area (Å²) in [4.78, 5) is 82.3. The van der Waals surface area contributed by atoms with Crippen LogP contribution < -0.4 is 22.1 Å². The van der Waals surface area contributed by atoms with Crippen LogP contribution in [0.2, 0.25) is 0 Å². The van der Waals surface area contributed by atoms with Gasteiger partial charge >= 0.3 is 11.9 Å². The molecule has 0 bridgehead atoms. The summed E-state index contributed by atoms with van der Waals surface area (Å²) < 4.78 is 9.52. The highest BCUT2D eigenvalue weighted by molar-refractivity contribution is 8.82. The Labute approximate surface area is 291 Å². The lowest BCUT2D eigenvalue weighted by Crippen LogP contribution is -2.43. The molecule has 0 aromatic carbocycles. The molecule has 2 rings (SSSR count). The van der Waals surface area contributed by atoms with Crippen LogP contribution in [-0.2, 0) is 28.7 Å². The molecule has 2 heterocycles. The number of ether oxygens (including phenoxy) is 2. The van der Waals surface area contributed by atoms with Crippen molar-refractivity contribution in [1.29, 1.82) is 0 Å². The molecule has 0 saturated heterocycles. The van der Waals surface area contributed by atoms with Crippen molar-refractivity contribution >= 4 is 102 Å².